The van der Waals surface area contributed by atoms with Gasteiger partial charge in [0.05, 0.1) is 13.2 Å². The number of nitrogens with zero attached hydrogens (tertiary/aromatic N) is 1. The Balaban J connectivity index is 2.03. The third kappa shape index (κ3) is 4.00. The van der Waals surface area contributed by atoms with Gasteiger partial charge in [-0.05, 0) is 25.1 Å². The van der Waals surface area contributed by atoms with E-state index in [2.05, 4.69) is 0 Å². The van der Waals surface area contributed by atoms with Gasteiger partial charge in [0.25, 0.3) is 5.91 Å². The first kappa shape index (κ1) is 16.8. The SMILES string of the molecule is COc1ccccc1C(C)N(C)C(=O)COc1ccccc1F. The number of benzene rings is 2. The summed E-state index contributed by atoms with van der Waals surface area (Å²) >= 11 is 0. The highest BCUT2D eigenvalue weighted by molar-refractivity contribution is 5.78. The van der Waals surface area contributed by atoms with Gasteiger partial charge >= 0.3 is 0 Å². The number of ether oxygens (including phenoxy) is 2. The van der Waals surface area contributed by atoms with Crippen LogP contribution in [0.15, 0.2) is 48.5 Å². The molecule has 0 saturated heterocycles. The average Bonchev–Trinajstić information content (AvgIpc) is 2.59. The molecule has 0 heterocycles. The van der Waals surface area contributed by atoms with Crippen LogP contribution in [0.5, 0.6) is 11.5 Å². The number of carbonyl (C=O) groups is 1. The van der Waals surface area contributed by atoms with Crippen molar-refractivity contribution in [1.29, 1.82) is 0 Å². The van der Waals surface area contributed by atoms with Crippen LogP contribution in [0.25, 0.3) is 0 Å². The van der Waals surface area contributed by atoms with Gasteiger partial charge in [0.1, 0.15) is 5.75 Å². The largest absolute Gasteiger partial charge is 0.496 e. The Hall–Kier alpha value is -2.56. The highest BCUT2D eigenvalue weighted by Crippen LogP contribution is 2.28. The molecule has 23 heavy (non-hydrogen) atoms. The van der Waals surface area contributed by atoms with Gasteiger partial charge in [-0.25, -0.2) is 4.39 Å². The normalized spacial score (nSPS) is 11.7. The molecule has 0 N–H and O–H groups in total. The number of amides is 1. The van der Waals surface area contributed by atoms with Crippen LogP contribution in [-0.2, 0) is 4.79 Å². The van der Waals surface area contributed by atoms with Gasteiger partial charge in [-0.1, -0.05) is 30.3 Å². The van der Waals surface area contributed by atoms with E-state index in [1.54, 1.807) is 31.2 Å². The van der Waals surface area contributed by atoms with E-state index < -0.39 is 5.82 Å². The fourth-order valence-electron chi connectivity index (χ4n) is 2.24. The maximum Gasteiger partial charge on any atom is 0.260 e. The van der Waals surface area contributed by atoms with E-state index >= 15 is 0 Å². The molecule has 0 radical (unpaired) electrons. The molecule has 2 aromatic rings. The van der Waals surface area contributed by atoms with Crippen LogP contribution >= 0.6 is 0 Å². The summed E-state index contributed by atoms with van der Waals surface area (Å²) in [6.07, 6.45) is 0. The Labute approximate surface area is 135 Å². The molecule has 5 heteroatoms. The molecule has 1 unspecified atom stereocenters. The Kier molecular flexibility index (Phi) is 5.57. The molecule has 0 spiro atoms. The van der Waals surface area contributed by atoms with E-state index in [-0.39, 0.29) is 24.3 Å². The van der Waals surface area contributed by atoms with Gasteiger partial charge < -0.3 is 14.4 Å². The summed E-state index contributed by atoms with van der Waals surface area (Å²) in [5.41, 5.74) is 0.900. The topological polar surface area (TPSA) is 38.8 Å². The van der Waals surface area contributed by atoms with Crippen molar-refractivity contribution in [2.24, 2.45) is 0 Å². The molecule has 0 saturated carbocycles. The summed E-state index contributed by atoms with van der Waals surface area (Å²) in [5.74, 6) is 0.0567. The minimum absolute atomic E-state index is 0.0687. The standard InChI is InChI=1S/C18H20FNO3/c1-13(14-8-4-6-10-16(14)22-3)20(2)18(21)12-23-17-11-7-5-9-15(17)19/h4-11,13H,12H2,1-3H3. The minimum Gasteiger partial charge on any atom is -0.496 e. The molecule has 2 rings (SSSR count). The van der Waals surface area contributed by atoms with Crippen molar-refractivity contribution >= 4 is 5.91 Å². The maximum absolute atomic E-state index is 13.5. The lowest BCUT2D eigenvalue weighted by atomic mass is 10.1. The third-order valence-electron chi connectivity index (χ3n) is 3.75. The second-order valence-electron chi connectivity index (χ2n) is 5.14. The van der Waals surface area contributed by atoms with Crippen LogP contribution in [0.4, 0.5) is 4.39 Å². The van der Waals surface area contributed by atoms with Crippen LogP contribution < -0.4 is 9.47 Å². The van der Waals surface area contributed by atoms with E-state index in [0.29, 0.717) is 0 Å². The number of hydrogen-bond acceptors (Lipinski definition) is 3. The van der Waals surface area contributed by atoms with Crippen molar-refractivity contribution in [3.05, 3.63) is 59.9 Å². The van der Waals surface area contributed by atoms with Crippen LogP contribution in [0.1, 0.15) is 18.5 Å². The molecule has 0 fully saturated rings. The van der Waals surface area contributed by atoms with Crippen molar-refractivity contribution < 1.29 is 18.7 Å². The zero-order valence-electron chi connectivity index (χ0n) is 13.5. The molecular formula is C18H20FNO3. The van der Waals surface area contributed by atoms with E-state index in [9.17, 15) is 9.18 Å². The first-order chi connectivity index (χ1) is 11.0. The summed E-state index contributed by atoms with van der Waals surface area (Å²) < 4.78 is 24.1. The zero-order chi connectivity index (χ0) is 16.8. The average molecular weight is 317 g/mol. The number of halogens is 1. The first-order valence-electron chi connectivity index (χ1n) is 7.30. The Morgan fingerprint density at radius 3 is 2.39 bits per heavy atom. The number of hydrogen-bond donors (Lipinski definition) is 0. The summed E-state index contributed by atoms with van der Waals surface area (Å²) in [7, 11) is 3.28. The fraction of sp³-hybridized carbons (Fsp3) is 0.278. The Bertz CT molecular complexity index is 675. The Morgan fingerprint density at radius 1 is 1.13 bits per heavy atom. The number of carbonyl (C=O) groups excluding carboxylic acids is 1. The summed E-state index contributed by atoms with van der Waals surface area (Å²) in [6.45, 7) is 1.68. The summed E-state index contributed by atoms with van der Waals surface area (Å²) in [6, 6.07) is 13.3. The molecule has 0 aliphatic heterocycles. The molecule has 1 atom stereocenters. The van der Waals surface area contributed by atoms with Crippen LogP contribution in [0.2, 0.25) is 0 Å². The number of methoxy groups -OCH3 is 1. The number of para-hydroxylation sites is 2. The van der Waals surface area contributed by atoms with Crippen LogP contribution in [-0.4, -0.2) is 31.6 Å². The molecule has 0 aliphatic rings. The molecular weight excluding hydrogens is 297 g/mol. The highest BCUT2D eigenvalue weighted by Gasteiger charge is 2.20. The highest BCUT2D eigenvalue weighted by atomic mass is 19.1. The monoisotopic (exact) mass is 317 g/mol. The van der Waals surface area contributed by atoms with Crippen LogP contribution in [0, 0.1) is 5.82 Å². The lowest BCUT2D eigenvalue weighted by molar-refractivity contribution is -0.134. The molecule has 0 aromatic heterocycles. The van der Waals surface area contributed by atoms with Crippen molar-refractivity contribution in [2.45, 2.75) is 13.0 Å². The first-order valence-corrected chi connectivity index (χ1v) is 7.30. The number of rotatable bonds is 6. The molecule has 4 nitrogen and oxygen atoms in total. The molecule has 0 aliphatic carbocycles. The van der Waals surface area contributed by atoms with Gasteiger partial charge in [-0.2, -0.15) is 0 Å². The van der Waals surface area contributed by atoms with E-state index in [1.165, 1.54) is 12.1 Å². The van der Waals surface area contributed by atoms with Gasteiger partial charge in [0, 0.05) is 12.6 Å². The van der Waals surface area contributed by atoms with Crippen molar-refractivity contribution in [3.63, 3.8) is 0 Å². The second kappa shape index (κ2) is 7.63. The molecule has 2 aromatic carbocycles. The van der Waals surface area contributed by atoms with Crippen molar-refractivity contribution in [2.75, 3.05) is 20.8 Å². The van der Waals surface area contributed by atoms with Crippen molar-refractivity contribution in [3.8, 4) is 11.5 Å². The molecule has 1 amide bonds. The summed E-state index contributed by atoms with van der Waals surface area (Å²) in [4.78, 5) is 13.8. The summed E-state index contributed by atoms with van der Waals surface area (Å²) in [5, 5.41) is 0. The maximum atomic E-state index is 13.5. The smallest absolute Gasteiger partial charge is 0.260 e. The van der Waals surface area contributed by atoms with Gasteiger partial charge in [0.2, 0.25) is 0 Å². The quantitative estimate of drug-likeness (QED) is 0.819. The molecule has 122 valence electrons. The predicted molar refractivity (Wildman–Crippen MR) is 86.1 cm³/mol. The third-order valence-corrected chi connectivity index (χ3v) is 3.75. The van der Waals surface area contributed by atoms with E-state index in [0.717, 1.165) is 11.3 Å². The van der Waals surface area contributed by atoms with Gasteiger partial charge in [-0.3, -0.25) is 4.79 Å². The minimum atomic E-state index is -0.485. The van der Waals surface area contributed by atoms with Crippen molar-refractivity contribution in [1.82, 2.24) is 4.90 Å². The lowest BCUT2D eigenvalue weighted by Crippen LogP contribution is -2.33. The lowest BCUT2D eigenvalue weighted by Gasteiger charge is -2.26. The molecule has 0 bridgehead atoms. The van der Waals surface area contributed by atoms with Crippen LogP contribution in [0.3, 0.4) is 0 Å². The zero-order valence-corrected chi connectivity index (χ0v) is 13.5. The van der Waals surface area contributed by atoms with Gasteiger partial charge in [0.15, 0.2) is 18.2 Å². The fourth-order valence-corrected chi connectivity index (χ4v) is 2.24. The van der Waals surface area contributed by atoms with E-state index in [4.69, 9.17) is 9.47 Å². The number of likely N-dealkylation sites (N-methyl/N-ethyl adjacent to an activating group) is 1. The predicted octanol–water partition coefficient (Wildman–Crippen LogP) is 3.43. The van der Waals surface area contributed by atoms with Gasteiger partial charge in [-0.15, -0.1) is 0 Å². The Morgan fingerprint density at radius 2 is 1.74 bits per heavy atom. The van der Waals surface area contributed by atoms with E-state index in [1.807, 2.05) is 31.2 Å². The second-order valence-corrected chi connectivity index (χ2v) is 5.14.